The average Bonchev–Trinajstić information content (AvgIpc) is 3.27. The maximum atomic E-state index is 14.5. The molecule has 1 N–H and O–H groups in total. The molecule has 0 fully saturated rings. The van der Waals surface area contributed by atoms with Crippen molar-refractivity contribution in [2.75, 3.05) is 5.32 Å². The molecule has 0 aliphatic rings. The van der Waals surface area contributed by atoms with E-state index < -0.39 is 17.7 Å². The predicted octanol–water partition coefficient (Wildman–Crippen LogP) is 3.39. The first kappa shape index (κ1) is 17.9. The highest BCUT2D eigenvalue weighted by atomic mass is 19.4. The van der Waals surface area contributed by atoms with Crippen molar-refractivity contribution in [3.63, 3.8) is 0 Å². The van der Waals surface area contributed by atoms with Crippen molar-refractivity contribution in [1.82, 2.24) is 29.1 Å². The first-order valence-corrected chi connectivity index (χ1v) is 8.13. The standard InChI is InChI=1S/C17H13F4N7/c1-10-22-4-5-27(10)13-3-2-11(6-12(13)18)8-23-15-7-14(17(19,20)21)26-16-24-9-25-28(15)16/h2-7,9,23H,8H2,1H3. The van der Waals surface area contributed by atoms with Crippen molar-refractivity contribution in [3.8, 4) is 5.69 Å². The van der Waals surface area contributed by atoms with Crippen LogP contribution in [0.15, 0.2) is 43.0 Å². The third-order valence-corrected chi connectivity index (χ3v) is 4.11. The maximum absolute atomic E-state index is 14.5. The smallest absolute Gasteiger partial charge is 0.366 e. The molecule has 0 aliphatic carbocycles. The molecule has 0 atom stereocenters. The molecule has 0 bridgehead atoms. The lowest BCUT2D eigenvalue weighted by atomic mass is 10.2. The number of imidazole rings is 1. The summed E-state index contributed by atoms with van der Waals surface area (Å²) in [7, 11) is 0. The number of halogens is 4. The largest absolute Gasteiger partial charge is 0.433 e. The maximum Gasteiger partial charge on any atom is 0.433 e. The third kappa shape index (κ3) is 3.26. The van der Waals surface area contributed by atoms with E-state index in [2.05, 4.69) is 25.4 Å². The summed E-state index contributed by atoms with van der Waals surface area (Å²) in [5.74, 6) is 0.0195. The number of aryl methyl sites for hydroxylation is 1. The van der Waals surface area contributed by atoms with Gasteiger partial charge >= 0.3 is 6.18 Å². The second-order valence-corrected chi connectivity index (χ2v) is 5.98. The minimum atomic E-state index is -4.62. The number of anilines is 1. The highest BCUT2D eigenvalue weighted by Gasteiger charge is 2.34. The third-order valence-electron chi connectivity index (χ3n) is 4.11. The molecule has 0 unspecified atom stereocenters. The highest BCUT2D eigenvalue weighted by Crippen LogP contribution is 2.29. The van der Waals surface area contributed by atoms with Crippen molar-refractivity contribution in [3.05, 3.63) is 65.9 Å². The summed E-state index contributed by atoms with van der Waals surface area (Å²) >= 11 is 0. The fourth-order valence-corrected chi connectivity index (χ4v) is 2.76. The average molecular weight is 391 g/mol. The van der Waals surface area contributed by atoms with Gasteiger partial charge in [-0.1, -0.05) is 6.07 Å². The van der Waals surface area contributed by atoms with Crippen LogP contribution in [-0.4, -0.2) is 29.1 Å². The van der Waals surface area contributed by atoms with Gasteiger partial charge in [0.2, 0.25) is 0 Å². The van der Waals surface area contributed by atoms with Crippen molar-refractivity contribution in [2.24, 2.45) is 0 Å². The monoisotopic (exact) mass is 391 g/mol. The zero-order valence-electron chi connectivity index (χ0n) is 14.4. The fourth-order valence-electron chi connectivity index (χ4n) is 2.76. The van der Waals surface area contributed by atoms with Crippen LogP contribution in [0.4, 0.5) is 23.4 Å². The molecule has 28 heavy (non-hydrogen) atoms. The van der Waals surface area contributed by atoms with Crippen LogP contribution in [0.2, 0.25) is 0 Å². The van der Waals surface area contributed by atoms with Crippen molar-refractivity contribution >= 4 is 11.6 Å². The Bertz CT molecular complexity index is 1150. The molecule has 0 saturated heterocycles. The van der Waals surface area contributed by atoms with E-state index in [1.165, 1.54) is 6.07 Å². The predicted molar refractivity (Wildman–Crippen MR) is 91.4 cm³/mol. The Morgan fingerprint density at radius 2 is 1.96 bits per heavy atom. The molecule has 0 aliphatic heterocycles. The number of nitrogens with zero attached hydrogens (tertiary/aromatic N) is 6. The highest BCUT2D eigenvalue weighted by molar-refractivity contribution is 5.46. The number of rotatable bonds is 4. The van der Waals surface area contributed by atoms with Gasteiger partial charge in [0.1, 0.15) is 23.8 Å². The molecule has 1 aromatic carbocycles. The van der Waals surface area contributed by atoms with Crippen molar-refractivity contribution in [1.29, 1.82) is 0 Å². The van der Waals surface area contributed by atoms with Gasteiger partial charge in [0, 0.05) is 25.0 Å². The van der Waals surface area contributed by atoms with Gasteiger partial charge in [-0.05, 0) is 24.6 Å². The molecule has 0 saturated carbocycles. The van der Waals surface area contributed by atoms with Gasteiger partial charge in [0.25, 0.3) is 5.78 Å². The van der Waals surface area contributed by atoms with E-state index in [9.17, 15) is 17.6 Å². The first-order valence-electron chi connectivity index (χ1n) is 8.13. The van der Waals surface area contributed by atoms with Gasteiger partial charge in [-0.3, -0.25) is 0 Å². The number of alkyl halides is 3. The SMILES string of the molecule is Cc1nccn1-c1ccc(CNc2cc(C(F)(F)F)nc3ncnn23)cc1F. The van der Waals surface area contributed by atoms with Gasteiger partial charge in [0.05, 0.1) is 5.69 Å². The van der Waals surface area contributed by atoms with E-state index in [4.69, 9.17) is 0 Å². The molecule has 7 nitrogen and oxygen atoms in total. The lowest BCUT2D eigenvalue weighted by Crippen LogP contribution is -2.13. The van der Waals surface area contributed by atoms with E-state index in [1.54, 1.807) is 36.0 Å². The van der Waals surface area contributed by atoms with Crippen LogP contribution in [0.5, 0.6) is 0 Å². The zero-order valence-corrected chi connectivity index (χ0v) is 14.4. The van der Waals surface area contributed by atoms with E-state index in [-0.39, 0.29) is 18.1 Å². The summed E-state index contributed by atoms with van der Waals surface area (Å²) in [6.07, 6.45) is -0.311. The Morgan fingerprint density at radius 1 is 1.14 bits per heavy atom. The molecule has 4 rings (SSSR count). The quantitative estimate of drug-likeness (QED) is 0.540. The molecule has 3 aromatic heterocycles. The summed E-state index contributed by atoms with van der Waals surface area (Å²) < 4.78 is 56.3. The Hall–Kier alpha value is -3.50. The summed E-state index contributed by atoms with van der Waals surface area (Å²) in [5, 5.41) is 6.69. The number of hydrogen-bond acceptors (Lipinski definition) is 5. The van der Waals surface area contributed by atoms with Crippen LogP contribution in [0, 0.1) is 12.7 Å². The molecule has 4 aromatic rings. The number of nitrogens with one attached hydrogen (secondary N) is 1. The molecule has 0 spiro atoms. The molecular weight excluding hydrogens is 378 g/mol. The molecule has 0 amide bonds. The minimum absolute atomic E-state index is 0.0461. The summed E-state index contributed by atoms with van der Waals surface area (Å²) in [5.41, 5.74) is -0.217. The Labute approximate surface area is 155 Å². The van der Waals surface area contributed by atoms with Crippen LogP contribution in [0.25, 0.3) is 11.5 Å². The molecule has 11 heteroatoms. The lowest BCUT2D eigenvalue weighted by Gasteiger charge is -2.12. The number of fused-ring (bicyclic) bond motifs is 1. The summed E-state index contributed by atoms with van der Waals surface area (Å²) in [6, 6.07) is 5.41. The van der Waals surface area contributed by atoms with E-state index in [0.717, 1.165) is 16.9 Å². The minimum Gasteiger partial charge on any atom is -0.366 e. The second-order valence-electron chi connectivity index (χ2n) is 5.98. The van der Waals surface area contributed by atoms with Gasteiger partial charge in [-0.15, -0.1) is 0 Å². The number of aromatic nitrogens is 6. The Morgan fingerprint density at radius 3 is 2.64 bits per heavy atom. The van der Waals surface area contributed by atoms with Crippen LogP contribution in [0.1, 0.15) is 17.1 Å². The Kier molecular flexibility index (Phi) is 4.21. The van der Waals surface area contributed by atoms with Gasteiger partial charge in [0.15, 0.2) is 5.69 Å². The second kappa shape index (κ2) is 6.59. The topological polar surface area (TPSA) is 72.9 Å². The lowest BCUT2D eigenvalue weighted by molar-refractivity contribution is -0.141. The van der Waals surface area contributed by atoms with E-state index in [0.29, 0.717) is 17.1 Å². The molecule has 144 valence electrons. The summed E-state index contributed by atoms with van der Waals surface area (Å²) in [6.45, 7) is 1.83. The molecule has 3 heterocycles. The van der Waals surface area contributed by atoms with E-state index in [1.807, 2.05) is 0 Å². The van der Waals surface area contributed by atoms with Gasteiger partial charge < -0.3 is 9.88 Å². The number of benzene rings is 1. The van der Waals surface area contributed by atoms with Crippen molar-refractivity contribution < 1.29 is 17.6 Å². The van der Waals surface area contributed by atoms with Gasteiger partial charge in [-0.25, -0.2) is 14.4 Å². The van der Waals surface area contributed by atoms with Crippen LogP contribution >= 0.6 is 0 Å². The normalized spacial score (nSPS) is 11.9. The first-order chi connectivity index (χ1) is 13.3. The summed E-state index contributed by atoms with van der Waals surface area (Å²) in [4.78, 5) is 11.2. The van der Waals surface area contributed by atoms with Crippen molar-refractivity contribution in [2.45, 2.75) is 19.6 Å². The number of hydrogen-bond donors (Lipinski definition) is 1. The molecule has 0 radical (unpaired) electrons. The van der Waals surface area contributed by atoms with Gasteiger partial charge in [-0.2, -0.15) is 27.8 Å². The van der Waals surface area contributed by atoms with E-state index >= 15 is 0 Å². The Balaban J connectivity index is 1.61. The van der Waals surface area contributed by atoms with Crippen LogP contribution < -0.4 is 5.32 Å². The molecular formula is C17H13F4N7. The van der Waals surface area contributed by atoms with Crippen LogP contribution in [-0.2, 0) is 12.7 Å². The fraction of sp³-hybridized carbons (Fsp3) is 0.176. The zero-order chi connectivity index (χ0) is 19.9. The van der Waals surface area contributed by atoms with Crippen LogP contribution in [0.3, 0.4) is 0 Å².